The molecule has 0 aliphatic heterocycles. The lowest BCUT2D eigenvalue weighted by molar-refractivity contribution is 0.346. The van der Waals surface area contributed by atoms with Crippen molar-refractivity contribution in [1.29, 1.82) is 5.41 Å². The third kappa shape index (κ3) is 3.11. The molecule has 0 aliphatic rings. The van der Waals surface area contributed by atoms with Crippen molar-refractivity contribution in [3.63, 3.8) is 0 Å². The number of ether oxygens (including phenoxy) is 3. The van der Waals surface area contributed by atoms with Crippen molar-refractivity contribution in [2.45, 2.75) is 0 Å². The predicted molar refractivity (Wildman–Crippen MR) is 84.8 cm³/mol. The minimum absolute atomic E-state index is 0.0914. The largest absolute Gasteiger partial charge is 0.493 e. The van der Waals surface area contributed by atoms with Gasteiger partial charge in [-0.1, -0.05) is 12.1 Å². The number of nitrogens with two attached hydrogens (primary N) is 1. The first-order valence-corrected chi connectivity index (χ1v) is 6.89. The molecule has 0 bridgehead atoms. The molecule has 5 nitrogen and oxygen atoms in total. The third-order valence-electron chi connectivity index (χ3n) is 2.84. The molecule has 0 saturated carbocycles. The van der Waals surface area contributed by atoms with Crippen LogP contribution in [0.15, 0.2) is 40.9 Å². The van der Waals surface area contributed by atoms with Gasteiger partial charge < -0.3 is 19.9 Å². The van der Waals surface area contributed by atoms with Crippen molar-refractivity contribution in [3.05, 3.63) is 46.4 Å². The van der Waals surface area contributed by atoms with Gasteiger partial charge in [-0.05, 0) is 40.2 Å². The highest BCUT2D eigenvalue weighted by Gasteiger charge is 2.17. The van der Waals surface area contributed by atoms with E-state index in [1.54, 1.807) is 50.6 Å². The molecule has 2 aromatic rings. The maximum atomic E-state index is 7.69. The quantitative estimate of drug-likeness (QED) is 0.638. The molecule has 2 aromatic carbocycles. The molecule has 0 unspecified atom stereocenters. The molecular formula is C15H15BrN2O3. The molecule has 2 rings (SSSR count). The third-order valence-corrected chi connectivity index (χ3v) is 3.50. The molecule has 0 saturated heterocycles. The SMILES string of the molecule is COc1cccc(OC)c1Oc1cccc(Br)c1C(=N)N. The highest BCUT2D eigenvalue weighted by Crippen LogP contribution is 2.41. The smallest absolute Gasteiger partial charge is 0.211 e. The number of benzene rings is 2. The summed E-state index contributed by atoms with van der Waals surface area (Å²) in [7, 11) is 3.10. The van der Waals surface area contributed by atoms with Crippen molar-refractivity contribution >= 4 is 21.8 Å². The molecule has 0 aliphatic carbocycles. The van der Waals surface area contributed by atoms with E-state index >= 15 is 0 Å². The van der Waals surface area contributed by atoms with Gasteiger partial charge in [0.25, 0.3) is 0 Å². The van der Waals surface area contributed by atoms with Crippen molar-refractivity contribution in [2.24, 2.45) is 5.73 Å². The molecule has 110 valence electrons. The van der Waals surface area contributed by atoms with Crippen LogP contribution in [-0.2, 0) is 0 Å². The van der Waals surface area contributed by atoms with Gasteiger partial charge in [0, 0.05) is 4.47 Å². The van der Waals surface area contributed by atoms with Crippen molar-refractivity contribution in [2.75, 3.05) is 14.2 Å². The summed E-state index contributed by atoms with van der Waals surface area (Å²) in [5.74, 6) is 1.85. The Kier molecular flexibility index (Phi) is 4.70. The average molecular weight is 351 g/mol. The number of amidine groups is 1. The maximum absolute atomic E-state index is 7.69. The fourth-order valence-electron chi connectivity index (χ4n) is 1.88. The van der Waals surface area contributed by atoms with Gasteiger partial charge in [0.2, 0.25) is 5.75 Å². The lowest BCUT2D eigenvalue weighted by Gasteiger charge is -2.16. The van der Waals surface area contributed by atoms with E-state index in [9.17, 15) is 0 Å². The number of nitrogens with one attached hydrogen (secondary N) is 1. The molecule has 0 fully saturated rings. The Hall–Kier alpha value is -2.21. The van der Waals surface area contributed by atoms with Crippen LogP contribution in [0.2, 0.25) is 0 Å². The number of rotatable bonds is 5. The normalized spacial score (nSPS) is 10.0. The Labute approximate surface area is 131 Å². The summed E-state index contributed by atoms with van der Waals surface area (Å²) in [6, 6.07) is 10.7. The number of methoxy groups -OCH3 is 2. The minimum atomic E-state index is -0.0914. The van der Waals surface area contributed by atoms with E-state index in [1.165, 1.54) is 0 Å². The number of hydrogen-bond donors (Lipinski definition) is 2. The summed E-state index contributed by atoms with van der Waals surface area (Å²) < 4.78 is 17.2. The molecule has 3 N–H and O–H groups in total. The lowest BCUT2D eigenvalue weighted by atomic mass is 10.2. The number of hydrogen-bond acceptors (Lipinski definition) is 4. The molecule has 6 heteroatoms. The summed E-state index contributed by atoms with van der Waals surface area (Å²) in [5, 5.41) is 7.69. The van der Waals surface area contributed by atoms with Crippen LogP contribution in [0, 0.1) is 5.41 Å². The summed E-state index contributed by atoms with van der Waals surface area (Å²) in [6.07, 6.45) is 0. The van der Waals surface area contributed by atoms with E-state index in [2.05, 4.69) is 15.9 Å². The van der Waals surface area contributed by atoms with Crippen LogP contribution in [-0.4, -0.2) is 20.1 Å². The Morgan fingerprint density at radius 3 is 2.05 bits per heavy atom. The van der Waals surface area contributed by atoms with Crippen LogP contribution in [0.4, 0.5) is 0 Å². The second kappa shape index (κ2) is 6.49. The Balaban J connectivity index is 2.53. The fourth-order valence-corrected chi connectivity index (χ4v) is 2.44. The predicted octanol–water partition coefficient (Wildman–Crippen LogP) is 3.54. The van der Waals surface area contributed by atoms with E-state index in [0.717, 1.165) is 0 Å². The van der Waals surface area contributed by atoms with Crippen LogP contribution in [0.25, 0.3) is 0 Å². The van der Waals surface area contributed by atoms with E-state index in [1.807, 2.05) is 0 Å². The summed E-state index contributed by atoms with van der Waals surface area (Å²) in [4.78, 5) is 0. The van der Waals surface area contributed by atoms with E-state index < -0.39 is 0 Å². The van der Waals surface area contributed by atoms with Gasteiger partial charge in [-0.15, -0.1) is 0 Å². The number of nitrogen functional groups attached to an aromatic ring is 1. The highest BCUT2D eigenvalue weighted by atomic mass is 79.9. The van der Waals surface area contributed by atoms with Gasteiger partial charge in [-0.25, -0.2) is 0 Å². The zero-order valence-electron chi connectivity index (χ0n) is 11.6. The summed E-state index contributed by atoms with van der Waals surface area (Å²) in [6.45, 7) is 0. The zero-order chi connectivity index (χ0) is 15.4. The molecule has 0 radical (unpaired) electrons. The topological polar surface area (TPSA) is 77.6 Å². The van der Waals surface area contributed by atoms with Gasteiger partial charge in [0.15, 0.2) is 11.5 Å². The van der Waals surface area contributed by atoms with E-state index in [4.69, 9.17) is 25.4 Å². The monoisotopic (exact) mass is 350 g/mol. The molecule has 21 heavy (non-hydrogen) atoms. The second-order valence-corrected chi connectivity index (χ2v) is 4.97. The first-order chi connectivity index (χ1) is 10.1. The van der Waals surface area contributed by atoms with Crippen LogP contribution < -0.4 is 19.9 Å². The summed E-state index contributed by atoms with van der Waals surface area (Å²) >= 11 is 3.37. The van der Waals surface area contributed by atoms with Crippen molar-refractivity contribution in [3.8, 4) is 23.0 Å². The minimum Gasteiger partial charge on any atom is -0.493 e. The van der Waals surface area contributed by atoms with Gasteiger partial charge in [0.1, 0.15) is 11.6 Å². The first kappa shape index (κ1) is 15.2. The van der Waals surface area contributed by atoms with E-state index in [0.29, 0.717) is 33.0 Å². The van der Waals surface area contributed by atoms with Gasteiger partial charge >= 0.3 is 0 Å². The number of para-hydroxylation sites is 1. The molecule has 0 spiro atoms. The highest BCUT2D eigenvalue weighted by molar-refractivity contribution is 9.10. The summed E-state index contributed by atoms with van der Waals surface area (Å²) in [5.41, 5.74) is 6.10. The Bertz CT molecular complexity index is 652. The molecule has 0 atom stereocenters. The van der Waals surface area contributed by atoms with Crippen LogP contribution in [0.3, 0.4) is 0 Å². The van der Waals surface area contributed by atoms with Gasteiger partial charge in [-0.3, -0.25) is 5.41 Å². The molecule has 0 amide bonds. The molecular weight excluding hydrogens is 336 g/mol. The van der Waals surface area contributed by atoms with Crippen LogP contribution in [0.5, 0.6) is 23.0 Å². The molecule has 0 aromatic heterocycles. The Morgan fingerprint density at radius 1 is 1.00 bits per heavy atom. The van der Waals surface area contributed by atoms with Crippen molar-refractivity contribution in [1.82, 2.24) is 0 Å². The molecule has 0 heterocycles. The van der Waals surface area contributed by atoms with Gasteiger partial charge in [0.05, 0.1) is 19.8 Å². The second-order valence-electron chi connectivity index (χ2n) is 4.12. The lowest BCUT2D eigenvalue weighted by Crippen LogP contribution is -2.13. The average Bonchev–Trinajstić information content (AvgIpc) is 2.47. The maximum Gasteiger partial charge on any atom is 0.211 e. The number of halogens is 1. The zero-order valence-corrected chi connectivity index (χ0v) is 13.2. The van der Waals surface area contributed by atoms with Gasteiger partial charge in [-0.2, -0.15) is 0 Å². The first-order valence-electron chi connectivity index (χ1n) is 6.10. The fraction of sp³-hybridized carbons (Fsp3) is 0.133. The van der Waals surface area contributed by atoms with Crippen molar-refractivity contribution < 1.29 is 14.2 Å². The Morgan fingerprint density at radius 2 is 1.52 bits per heavy atom. The van der Waals surface area contributed by atoms with Crippen LogP contribution >= 0.6 is 15.9 Å². The van der Waals surface area contributed by atoms with Crippen LogP contribution in [0.1, 0.15) is 5.56 Å². The standard InChI is InChI=1S/C15H15BrN2O3/c1-19-11-7-4-8-12(20-2)14(11)21-10-6-3-5-9(16)13(10)15(17)18/h3-8H,1-2H3,(H3,17,18). The van der Waals surface area contributed by atoms with E-state index in [-0.39, 0.29) is 5.84 Å².